The van der Waals surface area contributed by atoms with E-state index in [0.717, 1.165) is 55.9 Å². The molecular weight excluding hydrogens is 833 g/mol. The summed E-state index contributed by atoms with van der Waals surface area (Å²) in [5.74, 6) is 0.725. The van der Waals surface area contributed by atoms with E-state index in [-0.39, 0.29) is 56.7 Å². The van der Waals surface area contributed by atoms with Crippen molar-refractivity contribution in [3.8, 4) is 34.5 Å². The number of oxime groups is 1. The van der Waals surface area contributed by atoms with Crippen molar-refractivity contribution >= 4 is 17.9 Å². The van der Waals surface area contributed by atoms with Crippen LogP contribution in [0.2, 0.25) is 0 Å². The number of methoxy groups -OCH3 is 1. The van der Waals surface area contributed by atoms with Crippen LogP contribution in [0.25, 0.3) is 0 Å². The summed E-state index contributed by atoms with van der Waals surface area (Å²) < 4.78 is 43.8. The highest BCUT2D eigenvalue weighted by Gasteiger charge is 2.65. The normalized spacial score (nSPS) is 25.7. The van der Waals surface area contributed by atoms with Gasteiger partial charge in [-0.15, -0.1) is 6.58 Å². The smallest absolute Gasteiger partial charge is 0.254 e. The Morgan fingerprint density at radius 2 is 1.75 bits per heavy atom. The zero-order valence-corrected chi connectivity index (χ0v) is 37.5. The lowest BCUT2D eigenvalue weighted by molar-refractivity contribution is -0.254. The summed E-state index contributed by atoms with van der Waals surface area (Å²) in [5.41, 5.74) is 3.32. The van der Waals surface area contributed by atoms with Gasteiger partial charge in [0.25, 0.3) is 5.91 Å². The molecular formula is C51H62N2O12. The third-order valence-corrected chi connectivity index (χ3v) is 13.3. The van der Waals surface area contributed by atoms with Crippen LogP contribution < -0.4 is 23.7 Å². The highest BCUT2D eigenvalue weighted by atomic mass is 16.8. The highest BCUT2D eigenvalue weighted by molar-refractivity contribution is 6.03. The molecule has 3 aliphatic heterocycles. The van der Waals surface area contributed by atoms with Gasteiger partial charge in [-0.25, -0.2) is 0 Å². The lowest BCUT2D eigenvalue weighted by atomic mass is 9.55. The summed E-state index contributed by atoms with van der Waals surface area (Å²) in [6.07, 6.45) is 12.2. The van der Waals surface area contributed by atoms with Crippen LogP contribution in [0, 0.1) is 17.8 Å². The Hall–Kier alpha value is -5.41. The summed E-state index contributed by atoms with van der Waals surface area (Å²) in [4.78, 5) is 35.3. The fourth-order valence-corrected chi connectivity index (χ4v) is 10.5. The predicted molar refractivity (Wildman–Crippen MR) is 242 cm³/mol. The Labute approximate surface area is 381 Å². The number of hydrogen-bond donors (Lipinski definition) is 2. The van der Waals surface area contributed by atoms with E-state index in [1.54, 1.807) is 42.5 Å². The van der Waals surface area contributed by atoms with E-state index in [4.69, 9.17) is 43.2 Å². The molecule has 0 radical (unpaired) electrons. The quantitative estimate of drug-likeness (QED) is 0.0453. The van der Waals surface area contributed by atoms with Crippen LogP contribution in [-0.4, -0.2) is 98.0 Å². The number of ether oxygens (including phenoxy) is 7. The third kappa shape index (κ3) is 9.63. The zero-order valence-electron chi connectivity index (χ0n) is 37.5. The Morgan fingerprint density at radius 3 is 2.51 bits per heavy atom. The van der Waals surface area contributed by atoms with Gasteiger partial charge in [-0.3, -0.25) is 9.59 Å². The maximum atomic E-state index is 15.2. The van der Waals surface area contributed by atoms with Crippen molar-refractivity contribution in [2.75, 3.05) is 46.9 Å². The van der Waals surface area contributed by atoms with E-state index in [1.165, 1.54) is 7.11 Å². The van der Waals surface area contributed by atoms with Gasteiger partial charge in [-0.05, 0) is 117 Å². The molecule has 348 valence electrons. The molecule has 8 rings (SSSR count). The van der Waals surface area contributed by atoms with Gasteiger partial charge in [0, 0.05) is 49.6 Å². The second-order valence-corrected chi connectivity index (χ2v) is 17.4. The number of unbranched alkanes of at least 4 members (excludes halogenated alkanes) is 2. The summed E-state index contributed by atoms with van der Waals surface area (Å²) >= 11 is 0. The third-order valence-electron chi connectivity index (χ3n) is 13.3. The number of aldehydes is 1. The first-order valence-corrected chi connectivity index (χ1v) is 23.2. The van der Waals surface area contributed by atoms with Crippen LogP contribution in [0.15, 0.2) is 84.1 Å². The van der Waals surface area contributed by atoms with E-state index in [9.17, 15) is 15.0 Å². The predicted octanol–water partition coefficient (Wildman–Crippen LogP) is 8.74. The molecule has 14 heteroatoms. The number of allylic oxidation sites excluding steroid dienone is 1. The largest absolute Gasteiger partial charge is 0.496 e. The molecule has 1 saturated heterocycles. The molecule has 3 aromatic carbocycles. The molecule has 5 aliphatic rings. The van der Waals surface area contributed by atoms with Gasteiger partial charge >= 0.3 is 0 Å². The van der Waals surface area contributed by atoms with Gasteiger partial charge in [-0.1, -0.05) is 37.1 Å². The number of hydrogen-bond acceptors (Lipinski definition) is 13. The van der Waals surface area contributed by atoms with E-state index >= 15 is 4.79 Å². The average molecular weight is 895 g/mol. The summed E-state index contributed by atoms with van der Waals surface area (Å²) in [7, 11) is 1.52. The molecule has 3 aromatic rings. The monoisotopic (exact) mass is 894 g/mol. The molecule has 2 fully saturated rings. The van der Waals surface area contributed by atoms with Gasteiger partial charge in [0.15, 0.2) is 17.8 Å². The van der Waals surface area contributed by atoms with Crippen molar-refractivity contribution in [3.05, 3.63) is 95.6 Å². The van der Waals surface area contributed by atoms with Gasteiger partial charge < -0.3 is 53.1 Å². The van der Waals surface area contributed by atoms with Gasteiger partial charge in [-0.2, -0.15) is 0 Å². The minimum Gasteiger partial charge on any atom is -0.496 e. The van der Waals surface area contributed by atoms with Crippen LogP contribution in [0.4, 0.5) is 0 Å². The van der Waals surface area contributed by atoms with E-state index in [1.807, 2.05) is 30.0 Å². The van der Waals surface area contributed by atoms with E-state index < -0.39 is 24.0 Å². The van der Waals surface area contributed by atoms with Crippen LogP contribution >= 0.6 is 0 Å². The lowest BCUT2D eigenvalue weighted by Crippen LogP contribution is -2.70. The summed E-state index contributed by atoms with van der Waals surface area (Å²) in [5, 5.41) is 25.0. The number of carbonyl (C=O) groups excluding carboxylic acids is 2. The molecule has 1 amide bonds. The Morgan fingerprint density at radius 1 is 0.969 bits per heavy atom. The maximum absolute atomic E-state index is 15.2. The van der Waals surface area contributed by atoms with Crippen LogP contribution in [0.1, 0.15) is 110 Å². The number of carbonyl (C=O) groups is 2. The first-order chi connectivity index (χ1) is 31.9. The highest BCUT2D eigenvalue weighted by Crippen LogP contribution is 2.62. The van der Waals surface area contributed by atoms with Crippen molar-refractivity contribution in [3.63, 3.8) is 0 Å². The minimum atomic E-state index is -1.44. The molecule has 0 aromatic heterocycles. The Bertz CT molecular complexity index is 2220. The van der Waals surface area contributed by atoms with Crippen molar-refractivity contribution in [1.82, 2.24) is 4.90 Å². The first kappa shape index (κ1) is 46.1. The SMILES string of the molecule is C=CCOC12Oc3ccc(Oc4ccc(OC)c(C=O)c4)cc3C3C(CCCCO)C(CCCCO)C=C(C(=NOC4CCCCO4)CC1N(CCC)C(=O)c1ccc4c(c1)OCO4)C32. The second kappa shape index (κ2) is 21.3. The van der Waals surface area contributed by atoms with Gasteiger partial charge in [0.2, 0.25) is 18.9 Å². The second-order valence-electron chi connectivity index (χ2n) is 17.4. The molecule has 2 aliphatic carbocycles. The first-order valence-electron chi connectivity index (χ1n) is 23.2. The number of aliphatic hydroxyl groups is 2. The van der Waals surface area contributed by atoms with Crippen molar-refractivity contribution in [2.45, 2.75) is 102 Å². The average Bonchev–Trinajstić information content (AvgIpc) is 3.82. The van der Waals surface area contributed by atoms with Gasteiger partial charge in [0.1, 0.15) is 29.0 Å². The molecule has 1 saturated carbocycles. The van der Waals surface area contributed by atoms with E-state index in [0.29, 0.717) is 90.2 Å². The molecule has 14 nitrogen and oxygen atoms in total. The van der Waals surface area contributed by atoms with Crippen molar-refractivity contribution < 1.29 is 57.8 Å². The van der Waals surface area contributed by atoms with Crippen molar-refractivity contribution in [2.24, 2.45) is 22.9 Å². The van der Waals surface area contributed by atoms with Crippen molar-refractivity contribution in [1.29, 1.82) is 0 Å². The van der Waals surface area contributed by atoms with E-state index in [2.05, 4.69) is 12.7 Å². The maximum Gasteiger partial charge on any atom is 0.254 e. The number of rotatable bonds is 21. The lowest BCUT2D eigenvalue weighted by Gasteiger charge is -2.60. The molecule has 2 N–H and O–H groups in total. The standard InChI is InChI=1S/C51H62N2O12/c1-4-21-53(50(57)34-15-18-44-45(28-34)61-32-60-44)46-30-41(52-65-47-14-8-11-25-59-47)39-27-33(12-6-9-22-54)38(13-7-10-23-55)48-40-29-37(63-36-16-19-42(58-3)35(26-36)31-56)17-20-43(40)64-51(46,49(39)48)62-24-5-2/h5,15-20,26-29,31,33,38,46-49,54-55H,2,4,6-14,21-25,30,32H2,1,3H3. The molecule has 0 spiro atoms. The van der Waals surface area contributed by atoms with Crippen LogP contribution in [0.3, 0.4) is 0 Å². The topological polar surface area (TPSA) is 164 Å². The van der Waals surface area contributed by atoms with Gasteiger partial charge in [0.05, 0.1) is 37.5 Å². The number of amides is 1. The molecule has 65 heavy (non-hydrogen) atoms. The fourth-order valence-electron chi connectivity index (χ4n) is 10.5. The fraction of sp³-hybridized carbons (Fsp3) is 0.510. The Kier molecular flexibility index (Phi) is 15.1. The van der Waals surface area contributed by atoms with Crippen LogP contribution in [-0.2, 0) is 14.3 Å². The number of aliphatic hydroxyl groups excluding tert-OH is 2. The molecule has 7 atom stereocenters. The van der Waals surface area contributed by atoms with Crippen LogP contribution in [0.5, 0.6) is 34.5 Å². The Balaban J connectivity index is 1.32. The zero-order chi connectivity index (χ0) is 45.3. The number of nitrogens with zero attached hydrogens (tertiary/aromatic N) is 2. The summed E-state index contributed by atoms with van der Waals surface area (Å²) in [6.45, 7) is 7.43. The molecule has 7 unspecified atom stereocenters. The minimum absolute atomic E-state index is 0.00744. The summed E-state index contributed by atoms with van der Waals surface area (Å²) in [6, 6.07) is 15.4. The molecule has 3 heterocycles. The molecule has 0 bridgehead atoms. The number of benzene rings is 3. The number of fused-ring (bicyclic) bond motifs is 3.